The van der Waals surface area contributed by atoms with Gasteiger partial charge in [0, 0.05) is 5.69 Å². The highest BCUT2D eigenvalue weighted by Crippen LogP contribution is 2.16. The normalized spacial score (nSPS) is 9.78. The Bertz CT molecular complexity index is 526. The van der Waals surface area contributed by atoms with Crippen LogP contribution in [0.4, 0.5) is 17.1 Å². The molecule has 0 fully saturated rings. The Kier molecular flexibility index (Phi) is 3.81. The van der Waals surface area contributed by atoms with Gasteiger partial charge in [-0.3, -0.25) is 4.79 Å². The summed E-state index contributed by atoms with van der Waals surface area (Å²) >= 11 is 0. The highest BCUT2D eigenvalue weighted by molar-refractivity contribution is 5.96. The van der Waals surface area contributed by atoms with Crippen LogP contribution in [0.15, 0.2) is 54.6 Å². The van der Waals surface area contributed by atoms with E-state index >= 15 is 0 Å². The van der Waals surface area contributed by atoms with Gasteiger partial charge in [0.25, 0.3) is 0 Å². The van der Waals surface area contributed by atoms with E-state index in [-0.39, 0.29) is 12.5 Å². The van der Waals surface area contributed by atoms with Crippen LogP contribution < -0.4 is 16.4 Å². The van der Waals surface area contributed by atoms with Crippen LogP contribution in [0.5, 0.6) is 0 Å². The number of anilines is 3. The van der Waals surface area contributed by atoms with Crippen LogP contribution >= 0.6 is 0 Å². The molecule has 0 atom stereocenters. The minimum absolute atomic E-state index is 0.128. The predicted molar refractivity (Wildman–Crippen MR) is 74.4 cm³/mol. The quantitative estimate of drug-likeness (QED) is 0.720. The van der Waals surface area contributed by atoms with Crippen molar-refractivity contribution >= 4 is 23.0 Å². The lowest BCUT2D eigenvalue weighted by Crippen LogP contribution is -2.22. The summed E-state index contributed by atoms with van der Waals surface area (Å²) in [5, 5.41) is 5.79. The number of benzene rings is 2. The lowest BCUT2D eigenvalue weighted by Gasteiger charge is -2.09. The number of para-hydroxylation sites is 3. The maximum Gasteiger partial charge on any atom is 0.243 e. The predicted octanol–water partition coefficient (Wildman–Crippen LogP) is 2.32. The molecule has 0 unspecified atom stereocenters. The van der Waals surface area contributed by atoms with Crippen LogP contribution in [0.25, 0.3) is 0 Å². The molecule has 0 aromatic heterocycles. The first-order valence-corrected chi connectivity index (χ1v) is 5.69. The molecule has 0 saturated heterocycles. The van der Waals surface area contributed by atoms with Gasteiger partial charge in [-0.1, -0.05) is 30.3 Å². The van der Waals surface area contributed by atoms with Crippen molar-refractivity contribution in [3.63, 3.8) is 0 Å². The highest BCUT2D eigenvalue weighted by atomic mass is 16.1. The van der Waals surface area contributed by atoms with Crippen molar-refractivity contribution in [1.82, 2.24) is 0 Å². The van der Waals surface area contributed by atoms with Crippen molar-refractivity contribution in [2.45, 2.75) is 0 Å². The van der Waals surface area contributed by atoms with Crippen molar-refractivity contribution in [1.29, 1.82) is 0 Å². The third-order valence-corrected chi connectivity index (χ3v) is 2.46. The Morgan fingerprint density at radius 2 is 1.67 bits per heavy atom. The van der Waals surface area contributed by atoms with Gasteiger partial charge in [-0.25, -0.2) is 0 Å². The maximum atomic E-state index is 11.7. The average Bonchev–Trinajstić information content (AvgIpc) is 2.40. The van der Waals surface area contributed by atoms with Gasteiger partial charge in [0.05, 0.1) is 17.9 Å². The maximum absolute atomic E-state index is 11.7. The second-order valence-electron chi connectivity index (χ2n) is 3.86. The van der Waals surface area contributed by atoms with E-state index < -0.39 is 0 Å². The summed E-state index contributed by atoms with van der Waals surface area (Å²) in [7, 11) is 0. The first kappa shape index (κ1) is 12.0. The minimum Gasteiger partial charge on any atom is -0.397 e. The number of nitrogen functional groups attached to an aromatic ring is 1. The van der Waals surface area contributed by atoms with Crippen molar-refractivity contribution in [2.75, 3.05) is 22.9 Å². The van der Waals surface area contributed by atoms with E-state index in [1.807, 2.05) is 42.5 Å². The van der Waals surface area contributed by atoms with Crippen LogP contribution in [0.3, 0.4) is 0 Å². The SMILES string of the molecule is Nc1ccccc1NC(=O)CNc1ccccc1. The fourth-order valence-corrected chi connectivity index (χ4v) is 1.54. The fraction of sp³-hybridized carbons (Fsp3) is 0.0714. The lowest BCUT2D eigenvalue weighted by atomic mass is 10.2. The van der Waals surface area contributed by atoms with Crippen molar-refractivity contribution in [3.05, 3.63) is 54.6 Å². The molecule has 4 N–H and O–H groups in total. The Labute approximate surface area is 106 Å². The van der Waals surface area contributed by atoms with E-state index in [1.54, 1.807) is 12.1 Å². The zero-order valence-corrected chi connectivity index (χ0v) is 9.89. The summed E-state index contributed by atoms with van der Waals surface area (Å²) in [5.41, 5.74) is 7.85. The van der Waals surface area contributed by atoms with Crippen LogP contribution in [-0.4, -0.2) is 12.5 Å². The number of hydrogen-bond acceptors (Lipinski definition) is 3. The summed E-state index contributed by atoms with van der Waals surface area (Å²) < 4.78 is 0. The zero-order chi connectivity index (χ0) is 12.8. The molecular formula is C14H15N3O. The summed E-state index contributed by atoms with van der Waals surface area (Å²) in [6, 6.07) is 16.7. The molecular weight excluding hydrogens is 226 g/mol. The Morgan fingerprint density at radius 3 is 2.39 bits per heavy atom. The van der Waals surface area contributed by atoms with Crippen LogP contribution in [-0.2, 0) is 4.79 Å². The van der Waals surface area contributed by atoms with Gasteiger partial charge in [0.2, 0.25) is 5.91 Å². The molecule has 0 aliphatic heterocycles. The van der Waals surface area contributed by atoms with Gasteiger partial charge in [-0.15, -0.1) is 0 Å². The second kappa shape index (κ2) is 5.72. The molecule has 2 aromatic carbocycles. The molecule has 2 aromatic rings. The van der Waals surface area contributed by atoms with E-state index in [2.05, 4.69) is 10.6 Å². The van der Waals surface area contributed by atoms with E-state index in [9.17, 15) is 4.79 Å². The number of carbonyl (C=O) groups is 1. The number of nitrogens with one attached hydrogen (secondary N) is 2. The van der Waals surface area contributed by atoms with Crippen molar-refractivity contribution < 1.29 is 4.79 Å². The van der Waals surface area contributed by atoms with Gasteiger partial charge in [-0.05, 0) is 24.3 Å². The smallest absolute Gasteiger partial charge is 0.243 e. The van der Waals surface area contributed by atoms with Gasteiger partial charge in [0.15, 0.2) is 0 Å². The van der Waals surface area contributed by atoms with E-state index in [4.69, 9.17) is 5.73 Å². The third kappa shape index (κ3) is 3.25. The summed E-state index contributed by atoms with van der Waals surface area (Å²) in [5.74, 6) is -0.128. The van der Waals surface area contributed by atoms with Crippen LogP contribution in [0.1, 0.15) is 0 Å². The number of rotatable bonds is 4. The topological polar surface area (TPSA) is 67.1 Å². The molecule has 0 heterocycles. The Morgan fingerprint density at radius 1 is 1.00 bits per heavy atom. The number of nitrogens with two attached hydrogens (primary N) is 1. The standard InChI is InChI=1S/C14H15N3O/c15-12-8-4-5-9-13(12)17-14(18)10-16-11-6-2-1-3-7-11/h1-9,16H,10,15H2,(H,17,18). The molecule has 0 radical (unpaired) electrons. The van der Waals surface area contributed by atoms with Crippen molar-refractivity contribution in [3.8, 4) is 0 Å². The lowest BCUT2D eigenvalue weighted by molar-refractivity contribution is -0.114. The van der Waals surface area contributed by atoms with Crippen molar-refractivity contribution in [2.24, 2.45) is 0 Å². The average molecular weight is 241 g/mol. The number of carbonyl (C=O) groups excluding carboxylic acids is 1. The third-order valence-electron chi connectivity index (χ3n) is 2.46. The molecule has 0 aliphatic carbocycles. The summed E-state index contributed by atoms with van der Waals surface area (Å²) in [6.07, 6.45) is 0. The molecule has 2 rings (SSSR count). The van der Waals surface area contributed by atoms with Gasteiger partial charge >= 0.3 is 0 Å². The fourth-order valence-electron chi connectivity index (χ4n) is 1.54. The number of hydrogen-bond donors (Lipinski definition) is 3. The molecule has 0 bridgehead atoms. The van der Waals surface area contributed by atoms with E-state index in [0.717, 1.165) is 5.69 Å². The van der Waals surface area contributed by atoms with Crippen LogP contribution in [0, 0.1) is 0 Å². The summed E-state index contributed by atoms with van der Waals surface area (Å²) in [6.45, 7) is 0.207. The molecule has 92 valence electrons. The summed E-state index contributed by atoms with van der Waals surface area (Å²) in [4.78, 5) is 11.7. The van der Waals surface area contributed by atoms with Gasteiger partial charge in [-0.2, -0.15) is 0 Å². The van der Waals surface area contributed by atoms with Crippen LogP contribution in [0.2, 0.25) is 0 Å². The monoisotopic (exact) mass is 241 g/mol. The molecule has 4 nitrogen and oxygen atoms in total. The van der Waals surface area contributed by atoms with E-state index in [0.29, 0.717) is 11.4 Å². The molecule has 0 aliphatic rings. The second-order valence-corrected chi connectivity index (χ2v) is 3.86. The molecule has 1 amide bonds. The highest BCUT2D eigenvalue weighted by Gasteiger charge is 2.03. The largest absolute Gasteiger partial charge is 0.397 e. The zero-order valence-electron chi connectivity index (χ0n) is 9.89. The van der Waals surface area contributed by atoms with Gasteiger partial charge < -0.3 is 16.4 Å². The Balaban J connectivity index is 1.88. The van der Waals surface area contributed by atoms with Gasteiger partial charge in [0.1, 0.15) is 0 Å². The molecule has 4 heteroatoms. The molecule has 0 saturated carbocycles. The number of amides is 1. The minimum atomic E-state index is -0.128. The molecule has 0 spiro atoms. The first-order valence-electron chi connectivity index (χ1n) is 5.69. The Hall–Kier alpha value is -2.49. The first-order chi connectivity index (χ1) is 8.75. The van der Waals surface area contributed by atoms with E-state index in [1.165, 1.54) is 0 Å². The molecule has 18 heavy (non-hydrogen) atoms.